The molecule has 1 N–H and O–H groups in total. The molecule has 0 radical (unpaired) electrons. The summed E-state index contributed by atoms with van der Waals surface area (Å²) in [6.07, 6.45) is 5.78. The van der Waals surface area contributed by atoms with E-state index in [4.69, 9.17) is 5.11 Å². The molecule has 0 aromatic rings. The maximum atomic E-state index is 14.3. The molecule has 0 spiro atoms. The van der Waals surface area contributed by atoms with Gasteiger partial charge in [0.05, 0.1) is 0 Å². The van der Waals surface area contributed by atoms with E-state index in [0.29, 0.717) is 18.8 Å². The van der Waals surface area contributed by atoms with Crippen LogP contribution in [-0.2, 0) is 9.53 Å². The smallest absolute Gasteiger partial charge is 0.450 e. The van der Waals surface area contributed by atoms with E-state index in [1.165, 1.54) is 32.1 Å². The Hall–Kier alpha value is -1.13. The van der Waals surface area contributed by atoms with Gasteiger partial charge in [0.25, 0.3) is 0 Å². The summed E-state index contributed by atoms with van der Waals surface area (Å²) in [5.74, 6) is 0.580. The van der Waals surface area contributed by atoms with Crippen molar-refractivity contribution in [1.82, 2.24) is 0 Å². The van der Waals surface area contributed by atoms with Crippen LogP contribution in [-0.4, -0.2) is 29.3 Å². The van der Waals surface area contributed by atoms with Crippen molar-refractivity contribution in [3.63, 3.8) is 0 Å². The van der Waals surface area contributed by atoms with E-state index in [2.05, 4.69) is 4.74 Å². The molecular formula is C17H27FO4. The molecule has 4 nitrogen and oxygen atoms in total. The van der Waals surface area contributed by atoms with Crippen LogP contribution >= 0.6 is 0 Å². The van der Waals surface area contributed by atoms with Crippen LogP contribution in [0.25, 0.3) is 0 Å². The first-order valence-electron chi connectivity index (χ1n) is 8.60. The summed E-state index contributed by atoms with van der Waals surface area (Å²) < 4.78 is 18.9. The maximum absolute atomic E-state index is 14.3. The lowest BCUT2D eigenvalue weighted by Crippen LogP contribution is -2.32. The molecule has 5 heteroatoms. The van der Waals surface area contributed by atoms with Crippen molar-refractivity contribution in [1.29, 1.82) is 0 Å². The Balaban J connectivity index is 1.96. The highest BCUT2D eigenvalue weighted by Crippen LogP contribution is 2.36. The van der Waals surface area contributed by atoms with Crippen molar-refractivity contribution >= 4 is 11.9 Å². The molecule has 0 heterocycles. The molecule has 0 aromatic heterocycles. The second kappa shape index (κ2) is 8.49. The number of rotatable bonds is 2. The highest BCUT2D eigenvalue weighted by atomic mass is 19.1. The average molecular weight is 314 g/mol. The summed E-state index contributed by atoms with van der Waals surface area (Å²) in [5.41, 5.74) is 0. The molecule has 2 saturated carbocycles. The molecule has 2 aliphatic carbocycles. The fraction of sp³-hybridized carbons (Fsp3) is 0.882. The number of ketones is 1. The lowest BCUT2D eigenvalue weighted by molar-refractivity contribution is -0.124. The summed E-state index contributed by atoms with van der Waals surface area (Å²) in [6, 6.07) is 0. The van der Waals surface area contributed by atoms with E-state index in [0.717, 1.165) is 12.8 Å². The third kappa shape index (κ3) is 5.58. The van der Waals surface area contributed by atoms with E-state index in [9.17, 15) is 14.0 Å². The van der Waals surface area contributed by atoms with Gasteiger partial charge in [-0.25, -0.2) is 9.18 Å². The number of hydrogen-bond acceptors (Lipinski definition) is 3. The summed E-state index contributed by atoms with van der Waals surface area (Å²) >= 11 is 0. The van der Waals surface area contributed by atoms with Gasteiger partial charge in [0.2, 0.25) is 0 Å². The van der Waals surface area contributed by atoms with Gasteiger partial charge < -0.3 is 9.84 Å². The molecule has 2 aliphatic rings. The van der Waals surface area contributed by atoms with Gasteiger partial charge in [-0.1, -0.05) is 44.9 Å². The van der Waals surface area contributed by atoms with Crippen molar-refractivity contribution in [2.75, 3.05) is 0 Å². The Morgan fingerprint density at radius 1 is 1.00 bits per heavy atom. The lowest BCUT2D eigenvalue weighted by atomic mass is 9.75. The third-order valence-corrected chi connectivity index (χ3v) is 5.11. The first-order chi connectivity index (χ1) is 10.5. The molecule has 0 aliphatic heterocycles. The molecule has 3 unspecified atom stereocenters. The standard InChI is InChI=1S/C17H27FO4/c18-14-8-13(12-6-4-2-1-3-5-7-12)9-15(19)11-16(10-14)22-17(20)21/h12-14,16H,1-11H2,(H,20,21). The number of alkyl halides is 1. The molecule has 2 rings (SSSR count). The Labute approximate surface area is 131 Å². The Bertz CT molecular complexity index is 377. The Kier molecular flexibility index (Phi) is 6.65. The molecule has 3 atom stereocenters. The number of Topliss-reactive ketones (excluding diaryl/α,β-unsaturated/α-hetero) is 1. The first-order valence-corrected chi connectivity index (χ1v) is 8.60. The molecule has 0 bridgehead atoms. The summed E-state index contributed by atoms with van der Waals surface area (Å²) in [4.78, 5) is 22.8. The van der Waals surface area contributed by atoms with Crippen LogP contribution in [0.1, 0.15) is 70.6 Å². The van der Waals surface area contributed by atoms with Gasteiger partial charge >= 0.3 is 6.16 Å². The van der Waals surface area contributed by atoms with Crippen molar-refractivity contribution < 1.29 is 23.8 Å². The fourth-order valence-electron chi connectivity index (χ4n) is 4.06. The SMILES string of the molecule is O=C1CC(OC(=O)O)CC(F)CC(C2CCCCCCC2)C1. The number of ether oxygens (including phenoxy) is 1. The van der Waals surface area contributed by atoms with Crippen LogP contribution in [0.4, 0.5) is 9.18 Å². The van der Waals surface area contributed by atoms with Crippen LogP contribution < -0.4 is 0 Å². The minimum absolute atomic E-state index is 0.0151. The molecule has 0 amide bonds. The summed E-state index contributed by atoms with van der Waals surface area (Å²) in [7, 11) is 0. The number of carboxylic acid groups (broad SMARTS) is 1. The minimum atomic E-state index is -1.43. The van der Waals surface area contributed by atoms with Crippen LogP contribution in [0, 0.1) is 11.8 Å². The van der Waals surface area contributed by atoms with Crippen LogP contribution in [0.3, 0.4) is 0 Å². The van der Waals surface area contributed by atoms with E-state index >= 15 is 0 Å². The lowest BCUT2D eigenvalue weighted by Gasteiger charge is -2.32. The van der Waals surface area contributed by atoms with Gasteiger partial charge in [-0.05, 0) is 18.3 Å². The second-order valence-electron chi connectivity index (χ2n) is 6.89. The monoisotopic (exact) mass is 314 g/mol. The first kappa shape index (κ1) is 17.2. The van der Waals surface area contributed by atoms with E-state index in [-0.39, 0.29) is 24.5 Å². The van der Waals surface area contributed by atoms with Crippen LogP contribution in [0.15, 0.2) is 0 Å². The van der Waals surface area contributed by atoms with Crippen molar-refractivity contribution in [2.24, 2.45) is 11.8 Å². The molecular weight excluding hydrogens is 287 g/mol. The highest BCUT2D eigenvalue weighted by Gasteiger charge is 2.33. The Morgan fingerprint density at radius 3 is 2.27 bits per heavy atom. The normalized spacial score (nSPS) is 32.4. The molecule has 0 saturated heterocycles. The van der Waals surface area contributed by atoms with Gasteiger partial charge in [-0.3, -0.25) is 4.79 Å². The number of carbonyl (C=O) groups excluding carboxylic acids is 1. The topological polar surface area (TPSA) is 63.6 Å². The van der Waals surface area contributed by atoms with Gasteiger partial charge in [0.1, 0.15) is 18.1 Å². The van der Waals surface area contributed by atoms with Crippen LogP contribution in [0.2, 0.25) is 0 Å². The van der Waals surface area contributed by atoms with Crippen molar-refractivity contribution in [2.45, 2.75) is 82.9 Å². The predicted octanol–water partition coefficient (Wildman–Crippen LogP) is 4.51. The number of halogens is 1. The van der Waals surface area contributed by atoms with E-state index in [1.54, 1.807) is 0 Å². The largest absolute Gasteiger partial charge is 0.506 e. The van der Waals surface area contributed by atoms with Gasteiger partial charge in [0, 0.05) is 19.3 Å². The van der Waals surface area contributed by atoms with Gasteiger partial charge in [0.15, 0.2) is 0 Å². The highest BCUT2D eigenvalue weighted by molar-refractivity contribution is 5.79. The second-order valence-corrected chi connectivity index (χ2v) is 6.89. The van der Waals surface area contributed by atoms with Crippen molar-refractivity contribution in [3.8, 4) is 0 Å². The maximum Gasteiger partial charge on any atom is 0.506 e. The Morgan fingerprint density at radius 2 is 1.64 bits per heavy atom. The van der Waals surface area contributed by atoms with Crippen molar-refractivity contribution in [3.05, 3.63) is 0 Å². The van der Waals surface area contributed by atoms with Gasteiger partial charge in [-0.15, -0.1) is 0 Å². The quantitative estimate of drug-likeness (QED) is 0.762. The molecule has 2 fully saturated rings. The molecule has 0 aromatic carbocycles. The minimum Gasteiger partial charge on any atom is -0.450 e. The summed E-state index contributed by atoms with van der Waals surface area (Å²) in [5, 5.41) is 8.66. The molecule has 126 valence electrons. The van der Waals surface area contributed by atoms with Crippen LogP contribution in [0.5, 0.6) is 0 Å². The zero-order chi connectivity index (χ0) is 15.9. The predicted molar refractivity (Wildman–Crippen MR) is 80.6 cm³/mol. The summed E-state index contributed by atoms with van der Waals surface area (Å²) in [6.45, 7) is 0. The van der Waals surface area contributed by atoms with E-state index in [1.807, 2.05) is 0 Å². The molecule has 22 heavy (non-hydrogen) atoms. The average Bonchev–Trinajstić information content (AvgIpc) is 2.34. The zero-order valence-electron chi connectivity index (χ0n) is 13.1. The fourth-order valence-corrected chi connectivity index (χ4v) is 4.06. The third-order valence-electron chi connectivity index (χ3n) is 5.11. The van der Waals surface area contributed by atoms with Gasteiger partial charge in [-0.2, -0.15) is 0 Å². The van der Waals surface area contributed by atoms with E-state index < -0.39 is 18.4 Å². The zero-order valence-corrected chi connectivity index (χ0v) is 13.1. The number of carbonyl (C=O) groups is 2. The number of hydrogen-bond donors (Lipinski definition) is 1.